The van der Waals surface area contributed by atoms with Gasteiger partial charge < -0.3 is 25.4 Å². The molecule has 0 radical (unpaired) electrons. The Hall–Kier alpha value is -4.10. The lowest BCUT2D eigenvalue weighted by molar-refractivity contribution is -0.118. The van der Waals surface area contributed by atoms with Gasteiger partial charge in [0.05, 0.1) is 0 Å². The van der Waals surface area contributed by atoms with Crippen LogP contribution in [0, 0.1) is 0 Å². The van der Waals surface area contributed by atoms with E-state index in [9.17, 15) is 9.59 Å². The molecule has 0 bridgehead atoms. The average Bonchev–Trinajstić information content (AvgIpc) is 3.23. The quantitative estimate of drug-likeness (QED) is 0.313. The maximum Gasteiger partial charge on any atom is 0.318 e. The third-order valence-electron chi connectivity index (χ3n) is 7.57. The summed E-state index contributed by atoms with van der Waals surface area (Å²) in [5.41, 5.74) is 6.39. The van der Waals surface area contributed by atoms with Crippen molar-refractivity contribution in [1.29, 1.82) is 0 Å². The zero-order valence-electron chi connectivity index (χ0n) is 22.9. The van der Waals surface area contributed by atoms with Gasteiger partial charge in [-0.05, 0) is 67.4 Å². The topological polar surface area (TPSA) is 80.5 Å². The largest absolute Gasteiger partial charge is 0.361 e. The molecule has 202 valence electrons. The Labute approximate surface area is 230 Å². The van der Waals surface area contributed by atoms with Crippen molar-refractivity contribution in [3.8, 4) is 0 Å². The van der Waals surface area contributed by atoms with Crippen LogP contribution in [0.5, 0.6) is 0 Å². The van der Waals surface area contributed by atoms with Gasteiger partial charge in [0.15, 0.2) is 0 Å². The molecular formula is C32H37N5O2. The van der Waals surface area contributed by atoms with Gasteiger partial charge in [-0.1, -0.05) is 61.5 Å². The van der Waals surface area contributed by atoms with Crippen LogP contribution < -0.4 is 10.6 Å². The second kappa shape index (κ2) is 11.7. The van der Waals surface area contributed by atoms with Crippen LogP contribution in [0.4, 0.5) is 10.5 Å². The first-order chi connectivity index (χ1) is 18.9. The highest BCUT2D eigenvalue weighted by molar-refractivity contribution is 5.98. The standard InChI is InChI=1S/C32H37N5O2/c1-22(28-20-33-29-14-7-6-13-27(28)29)30(31(38)34-26-12-8-9-23(19-26)21-36(2)3)35-32(39)37-17-15-24-10-4-5-11-25(24)16-18-37/h4-14,19-20,22,30,33H,15-18,21H2,1-3H3,(H,34,38)(H,35,39)/t22-,30+/m0/s1. The molecule has 3 aromatic carbocycles. The summed E-state index contributed by atoms with van der Waals surface area (Å²) in [6.45, 7) is 4.00. The number of amides is 3. The predicted molar refractivity (Wildman–Crippen MR) is 157 cm³/mol. The Bertz CT molecular complexity index is 1430. The summed E-state index contributed by atoms with van der Waals surface area (Å²) in [5.74, 6) is -0.500. The van der Waals surface area contributed by atoms with Crippen molar-refractivity contribution < 1.29 is 9.59 Å². The Morgan fingerprint density at radius 3 is 2.36 bits per heavy atom. The van der Waals surface area contributed by atoms with E-state index in [1.54, 1.807) is 0 Å². The number of para-hydroxylation sites is 1. The number of fused-ring (bicyclic) bond motifs is 2. The SMILES string of the molecule is C[C@@H](c1c[nH]c2ccccc12)[C@@H](NC(=O)N1CCc2ccccc2CC1)C(=O)Nc1cccc(CN(C)C)c1. The molecule has 0 aliphatic carbocycles. The van der Waals surface area contributed by atoms with Crippen molar-refractivity contribution >= 4 is 28.5 Å². The summed E-state index contributed by atoms with van der Waals surface area (Å²) < 4.78 is 0. The van der Waals surface area contributed by atoms with Crippen LogP contribution in [0.2, 0.25) is 0 Å². The maximum atomic E-state index is 13.8. The molecule has 0 unspecified atom stereocenters. The van der Waals surface area contributed by atoms with E-state index in [4.69, 9.17) is 0 Å². The van der Waals surface area contributed by atoms with E-state index in [1.807, 2.05) is 92.8 Å². The van der Waals surface area contributed by atoms with Crippen LogP contribution >= 0.6 is 0 Å². The fraction of sp³-hybridized carbons (Fsp3) is 0.312. The minimum absolute atomic E-state index is 0.212. The molecule has 7 nitrogen and oxygen atoms in total. The van der Waals surface area contributed by atoms with Gasteiger partial charge >= 0.3 is 6.03 Å². The summed E-state index contributed by atoms with van der Waals surface area (Å²) in [7, 11) is 4.03. The van der Waals surface area contributed by atoms with Crippen LogP contribution in [-0.2, 0) is 24.2 Å². The van der Waals surface area contributed by atoms with Crippen molar-refractivity contribution in [3.63, 3.8) is 0 Å². The van der Waals surface area contributed by atoms with Crippen molar-refractivity contribution in [2.75, 3.05) is 32.5 Å². The minimum atomic E-state index is -0.764. The second-order valence-electron chi connectivity index (χ2n) is 10.7. The van der Waals surface area contributed by atoms with Gasteiger partial charge in [-0.25, -0.2) is 4.79 Å². The van der Waals surface area contributed by atoms with Crippen molar-refractivity contribution in [2.24, 2.45) is 0 Å². The monoisotopic (exact) mass is 523 g/mol. The summed E-state index contributed by atoms with van der Waals surface area (Å²) in [4.78, 5) is 34.7. The Morgan fingerprint density at radius 1 is 0.949 bits per heavy atom. The van der Waals surface area contributed by atoms with E-state index < -0.39 is 6.04 Å². The van der Waals surface area contributed by atoms with Crippen LogP contribution in [0.1, 0.15) is 35.1 Å². The van der Waals surface area contributed by atoms with E-state index in [0.29, 0.717) is 13.1 Å². The number of benzene rings is 3. The third kappa shape index (κ3) is 6.15. The molecule has 2 atom stereocenters. The molecule has 7 heteroatoms. The molecule has 0 fully saturated rings. The van der Waals surface area contributed by atoms with Crippen LogP contribution in [0.25, 0.3) is 10.9 Å². The maximum absolute atomic E-state index is 13.8. The average molecular weight is 524 g/mol. The van der Waals surface area contributed by atoms with Gasteiger partial charge in [0.25, 0.3) is 0 Å². The van der Waals surface area contributed by atoms with Gasteiger partial charge in [0.1, 0.15) is 6.04 Å². The van der Waals surface area contributed by atoms with Crippen LogP contribution in [0.15, 0.2) is 79.0 Å². The van der Waals surface area contributed by atoms with Crippen molar-refractivity contribution in [2.45, 2.75) is 38.3 Å². The number of nitrogens with one attached hydrogen (secondary N) is 3. The van der Waals surface area contributed by atoms with Crippen molar-refractivity contribution in [1.82, 2.24) is 20.1 Å². The molecule has 3 amide bonds. The fourth-order valence-corrected chi connectivity index (χ4v) is 5.50. The Kier molecular flexibility index (Phi) is 7.98. The molecule has 2 heterocycles. The van der Waals surface area contributed by atoms with E-state index in [1.165, 1.54) is 11.1 Å². The number of aromatic amines is 1. The highest BCUT2D eigenvalue weighted by Gasteiger charge is 2.31. The minimum Gasteiger partial charge on any atom is -0.361 e. The highest BCUT2D eigenvalue weighted by atomic mass is 16.2. The van der Waals surface area contributed by atoms with Gasteiger partial charge in [-0.2, -0.15) is 0 Å². The molecule has 1 aliphatic heterocycles. The molecular weight excluding hydrogens is 486 g/mol. The number of carbonyl (C=O) groups is 2. The first-order valence-electron chi connectivity index (χ1n) is 13.6. The second-order valence-corrected chi connectivity index (χ2v) is 10.7. The third-order valence-corrected chi connectivity index (χ3v) is 7.57. The number of H-pyrrole nitrogens is 1. The molecule has 39 heavy (non-hydrogen) atoms. The van der Waals surface area contributed by atoms with Crippen molar-refractivity contribution in [3.05, 3.63) is 101 Å². The number of carbonyl (C=O) groups excluding carboxylic acids is 2. The van der Waals surface area contributed by atoms with Crippen LogP contribution in [0.3, 0.4) is 0 Å². The highest BCUT2D eigenvalue weighted by Crippen LogP contribution is 2.29. The first-order valence-corrected chi connectivity index (χ1v) is 13.6. The number of hydrogen-bond acceptors (Lipinski definition) is 3. The van der Waals surface area contributed by atoms with Crippen LogP contribution in [-0.4, -0.2) is 59.9 Å². The van der Waals surface area contributed by atoms with E-state index in [-0.39, 0.29) is 17.9 Å². The molecule has 5 rings (SSSR count). The number of anilines is 1. The normalized spacial score (nSPS) is 14.9. The summed E-state index contributed by atoms with van der Waals surface area (Å²) in [5, 5.41) is 7.25. The molecule has 1 aromatic heterocycles. The number of aromatic nitrogens is 1. The fourth-order valence-electron chi connectivity index (χ4n) is 5.50. The molecule has 3 N–H and O–H groups in total. The Morgan fingerprint density at radius 2 is 1.64 bits per heavy atom. The molecule has 0 spiro atoms. The first kappa shape index (κ1) is 26.5. The zero-order valence-corrected chi connectivity index (χ0v) is 22.9. The number of hydrogen-bond donors (Lipinski definition) is 3. The van der Waals surface area contributed by atoms with E-state index in [0.717, 1.165) is 47.1 Å². The van der Waals surface area contributed by atoms with Gasteiger partial charge in [0, 0.05) is 48.3 Å². The number of nitrogens with zero attached hydrogens (tertiary/aromatic N) is 2. The van der Waals surface area contributed by atoms with Gasteiger partial charge in [0.2, 0.25) is 5.91 Å². The van der Waals surface area contributed by atoms with Gasteiger partial charge in [-0.3, -0.25) is 4.79 Å². The van der Waals surface area contributed by atoms with E-state index >= 15 is 0 Å². The summed E-state index contributed by atoms with van der Waals surface area (Å²) in [6.07, 6.45) is 3.55. The number of urea groups is 1. The molecule has 0 saturated heterocycles. The summed E-state index contributed by atoms with van der Waals surface area (Å²) >= 11 is 0. The predicted octanol–water partition coefficient (Wildman–Crippen LogP) is 5.15. The number of rotatable bonds is 7. The Balaban J connectivity index is 1.38. The lowest BCUT2D eigenvalue weighted by Crippen LogP contribution is -2.52. The summed E-state index contributed by atoms with van der Waals surface area (Å²) in [6, 6.07) is 23.3. The molecule has 0 saturated carbocycles. The molecule has 1 aliphatic rings. The zero-order chi connectivity index (χ0) is 27.4. The van der Waals surface area contributed by atoms with E-state index in [2.05, 4.69) is 32.7 Å². The smallest absolute Gasteiger partial charge is 0.318 e. The lowest BCUT2D eigenvalue weighted by Gasteiger charge is -2.28. The molecule has 4 aromatic rings. The lowest BCUT2D eigenvalue weighted by atomic mass is 9.92. The van der Waals surface area contributed by atoms with Gasteiger partial charge in [-0.15, -0.1) is 0 Å².